The molecule has 4 nitrogen and oxygen atoms in total. The number of thiazole rings is 1. The molecule has 1 fully saturated rings. The number of hydrogen-bond donors (Lipinski definition) is 1. The van der Waals surface area contributed by atoms with Gasteiger partial charge in [-0.3, -0.25) is 9.89 Å². The number of nitrogens with one attached hydrogen (secondary N) is 1. The summed E-state index contributed by atoms with van der Waals surface area (Å²) in [6.07, 6.45) is 4.08. The Balaban J connectivity index is 2.09. The van der Waals surface area contributed by atoms with Crippen LogP contribution in [-0.2, 0) is 0 Å². The first-order valence-electron chi connectivity index (χ1n) is 4.56. The van der Waals surface area contributed by atoms with Gasteiger partial charge in [-0.25, -0.2) is 4.98 Å². The van der Waals surface area contributed by atoms with E-state index in [9.17, 15) is 4.79 Å². The summed E-state index contributed by atoms with van der Waals surface area (Å²) in [5.74, 6) is 0.573. The molecule has 0 aliphatic heterocycles. The van der Waals surface area contributed by atoms with E-state index in [2.05, 4.69) is 10.1 Å². The number of aromatic amines is 1. The van der Waals surface area contributed by atoms with Crippen LogP contribution >= 0.6 is 11.3 Å². The van der Waals surface area contributed by atoms with Crippen molar-refractivity contribution in [2.45, 2.75) is 18.8 Å². The second-order valence-corrected chi connectivity index (χ2v) is 4.35. The molecule has 0 saturated heterocycles. The highest BCUT2D eigenvalue weighted by Gasteiger charge is 2.26. The molecule has 3 rings (SSSR count). The van der Waals surface area contributed by atoms with Gasteiger partial charge in [0, 0.05) is 29.3 Å². The Morgan fingerprint density at radius 2 is 2.43 bits per heavy atom. The van der Waals surface area contributed by atoms with E-state index >= 15 is 0 Å². The minimum absolute atomic E-state index is 0.0122. The summed E-state index contributed by atoms with van der Waals surface area (Å²) in [5.41, 5.74) is 1.03. The normalized spacial score (nSPS) is 16.0. The van der Waals surface area contributed by atoms with E-state index in [1.165, 1.54) is 28.9 Å². The Morgan fingerprint density at radius 1 is 1.57 bits per heavy atom. The Morgan fingerprint density at radius 3 is 3.07 bits per heavy atom. The molecule has 2 heterocycles. The largest absolute Gasteiger partial charge is 0.293 e. The molecule has 1 aliphatic carbocycles. The van der Waals surface area contributed by atoms with Crippen LogP contribution in [-0.4, -0.2) is 14.8 Å². The molecule has 1 aliphatic rings. The van der Waals surface area contributed by atoms with Crippen LogP contribution in [0.5, 0.6) is 0 Å². The molecule has 0 aromatic carbocycles. The fourth-order valence-corrected chi connectivity index (χ4v) is 2.09. The second-order valence-electron chi connectivity index (χ2n) is 3.47. The first-order valence-corrected chi connectivity index (χ1v) is 5.44. The monoisotopic (exact) mass is 207 g/mol. The lowest BCUT2D eigenvalue weighted by Crippen LogP contribution is -2.12. The third-order valence-corrected chi connectivity index (χ3v) is 3.12. The van der Waals surface area contributed by atoms with Gasteiger partial charge in [-0.15, -0.1) is 11.3 Å². The van der Waals surface area contributed by atoms with E-state index < -0.39 is 0 Å². The number of rotatable bonds is 2. The van der Waals surface area contributed by atoms with Gasteiger partial charge >= 0.3 is 0 Å². The Kier molecular flexibility index (Phi) is 1.61. The molecule has 1 saturated carbocycles. The van der Waals surface area contributed by atoms with Gasteiger partial charge in [0.15, 0.2) is 0 Å². The quantitative estimate of drug-likeness (QED) is 0.811. The first kappa shape index (κ1) is 7.99. The van der Waals surface area contributed by atoms with Gasteiger partial charge in [0.2, 0.25) is 5.13 Å². The van der Waals surface area contributed by atoms with Crippen molar-refractivity contribution in [1.82, 2.24) is 14.8 Å². The molecule has 2 aromatic heterocycles. The summed E-state index contributed by atoms with van der Waals surface area (Å²) in [6, 6.07) is 1.68. The van der Waals surface area contributed by atoms with Crippen molar-refractivity contribution in [2.75, 3.05) is 0 Å². The Bertz CT molecular complexity index is 492. The van der Waals surface area contributed by atoms with Crippen LogP contribution in [0.4, 0.5) is 0 Å². The maximum Gasteiger partial charge on any atom is 0.273 e. The van der Waals surface area contributed by atoms with E-state index in [0.717, 1.165) is 5.69 Å². The summed E-state index contributed by atoms with van der Waals surface area (Å²) >= 11 is 1.46. The van der Waals surface area contributed by atoms with Crippen LogP contribution in [0.15, 0.2) is 22.4 Å². The lowest BCUT2D eigenvalue weighted by atomic mass is 10.3. The third-order valence-electron chi connectivity index (χ3n) is 2.37. The van der Waals surface area contributed by atoms with Crippen molar-refractivity contribution in [3.8, 4) is 5.13 Å². The SMILES string of the molecule is O=c1cc(C2CC2)[nH]n1-c1nccs1. The zero-order valence-electron chi connectivity index (χ0n) is 7.43. The standard InChI is InChI=1S/C9H9N3OS/c13-8-5-7(6-1-2-6)11-12(8)9-10-3-4-14-9/h3-6,11H,1-2H2. The zero-order chi connectivity index (χ0) is 9.54. The summed E-state index contributed by atoms with van der Waals surface area (Å²) in [4.78, 5) is 15.7. The second kappa shape index (κ2) is 2.81. The minimum Gasteiger partial charge on any atom is -0.293 e. The van der Waals surface area contributed by atoms with Gasteiger partial charge in [-0.2, -0.15) is 4.68 Å². The fraction of sp³-hybridized carbons (Fsp3) is 0.333. The van der Waals surface area contributed by atoms with Crippen LogP contribution in [0.3, 0.4) is 0 Å². The highest BCUT2D eigenvalue weighted by atomic mass is 32.1. The molecule has 0 atom stereocenters. The van der Waals surface area contributed by atoms with E-state index in [-0.39, 0.29) is 5.56 Å². The van der Waals surface area contributed by atoms with Gasteiger partial charge in [-0.05, 0) is 12.8 Å². The first-order chi connectivity index (χ1) is 6.84. The van der Waals surface area contributed by atoms with Gasteiger partial charge in [0.25, 0.3) is 5.56 Å². The van der Waals surface area contributed by atoms with Crippen molar-refractivity contribution in [1.29, 1.82) is 0 Å². The Hall–Kier alpha value is -1.36. The van der Waals surface area contributed by atoms with Crippen LogP contribution in [0, 0.1) is 0 Å². The van der Waals surface area contributed by atoms with E-state index in [1.807, 2.05) is 5.38 Å². The average molecular weight is 207 g/mol. The van der Waals surface area contributed by atoms with Crippen molar-refractivity contribution in [3.63, 3.8) is 0 Å². The lowest BCUT2D eigenvalue weighted by molar-refractivity contribution is 0.809. The van der Waals surface area contributed by atoms with Crippen LogP contribution in [0.2, 0.25) is 0 Å². The number of nitrogens with zero attached hydrogens (tertiary/aromatic N) is 2. The fourth-order valence-electron chi connectivity index (χ4n) is 1.49. The highest BCUT2D eigenvalue weighted by Crippen LogP contribution is 2.38. The molecule has 0 unspecified atom stereocenters. The molecule has 0 bridgehead atoms. The van der Waals surface area contributed by atoms with Gasteiger partial charge in [0.1, 0.15) is 0 Å². The number of hydrogen-bond acceptors (Lipinski definition) is 3. The Labute approximate surface area is 84.2 Å². The smallest absolute Gasteiger partial charge is 0.273 e. The maximum absolute atomic E-state index is 11.6. The topological polar surface area (TPSA) is 50.7 Å². The van der Waals surface area contributed by atoms with Gasteiger partial charge < -0.3 is 0 Å². The molecular weight excluding hydrogens is 198 g/mol. The van der Waals surface area contributed by atoms with Crippen LogP contribution in [0.1, 0.15) is 24.5 Å². The predicted molar refractivity (Wildman–Crippen MR) is 54.0 cm³/mol. The van der Waals surface area contributed by atoms with E-state index in [0.29, 0.717) is 11.0 Å². The van der Waals surface area contributed by atoms with Gasteiger partial charge in [0.05, 0.1) is 0 Å². The maximum atomic E-state index is 11.6. The van der Waals surface area contributed by atoms with E-state index in [1.54, 1.807) is 12.3 Å². The molecule has 0 amide bonds. The van der Waals surface area contributed by atoms with Crippen molar-refractivity contribution >= 4 is 11.3 Å². The number of H-pyrrole nitrogens is 1. The minimum atomic E-state index is -0.0122. The molecule has 0 radical (unpaired) electrons. The lowest BCUT2D eigenvalue weighted by Gasteiger charge is -1.94. The molecule has 0 spiro atoms. The third kappa shape index (κ3) is 1.21. The highest BCUT2D eigenvalue weighted by molar-refractivity contribution is 7.12. The number of aromatic nitrogens is 3. The molecular formula is C9H9N3OS. The van der Waals surface area contributed by atoms with Crippen molar-refractivity contribution in [3.05, 3.63) is 33.7 Å². The molecule has 14 heavy (non-hydrogen) atoms. The summed E-state index contributed by atoms with van der Waals surface area (Å²) in [6.45, 7) is 0. The zero-order valence-corrected chi connectivity index (χ0v) is 8.25. The molecule has 5 heteroatoms. The van der Waals surface area contributed by atoms with Crippen LogP contribution in [0.25, 0.3) is 5.13 Å². The van der Waals surface area contributed by atoms with Crippen molar-refractivity contribution in [2.24, 2.45) is 0 Å². The van der Waals surface area contributed by atoms with E-state index in [4.69, 9.17) is 0 Å². The summed E-state index contributed by atoms with van der Waals surface area (Å²) in [7, 11) is 0. The summed E-state index contributed by atoms with van der Waals surface area (Å²) in [5, 5.41) is 5.67. The predicted octanol–water partition coefficient (Wildman–Crippen LogP) is 1.50. The van der Waals surface area contributed by atoms with Crippen LogP contribution < -0.4 is 5.56 Å². The molecule has 1 N–H and O–H groups in total. The van der Waals surface area contributed by atoms with Crippen molar-refractivity contribution < 1.29 is 0 Å². The molecule has 72 valence electrons. The van der Waals surface area contributed by atoms with Gasteiger partial charge in [-0.1, -0.05) is 0 Å². The average Bonchev–Trinajstić information content (AvgIpc) is 2.75. The molecule has 2 aromatic rings. The summed E-state index contributed by atoms with van der Waals surface area (Å²) < 4.78 is 1.51.